The number of rotatable bonds is 1. The molecular formula is C13H17Br. The quantitative estimate of drug-likeness (QED) is 0.624. The molecule has 1 heteroatoms. The van der Waals surface area contributed by atoms with Crippen molar-refractivity contribution in [3.63, 3.8) is 0 Å². The molecule has 0 atom stereocenters. The summed E-state index contributed by atoms with van der Waals surface area (Å²) in [7, 11) is 0. The molecule has 0 nitrogen and oxygen atoms in total. The van der Waals surface area contributed by atoms with Crippen LogP contribution in [-0.4, -0.2) is 0 Å². The van der Waals surface area contributed by atoms with Crippen LogP contribution in [0.5, 0.6) is 0 Å². The van der Waals surface area contributed by atoms with Crippen molar-refractivity contribution in [2.75, 3.05) is 0 Å². The maximum Gasteiger partial charge on any atom is 0.0175 e. The first-order valence-electron chi connectivity index (χ1n) is 5.10. The fraction of sp³-hybridized carbons (Fsp3) is 0.385. The molecule has 2 rings (SSSR count). The Morgan fingerprint density at radius 3 is 1.93 bits per heavy atom. The minimum atomic E-state index is 0.882. The normalized spacial score (nSPS) is 15.1. The lowest BCUT2D eigenvalue weighted by Gasteiger charge is -1.95. The van der Waals surface area contributed by atoms with E-state index < -0.39 is 0 Å². The highest BCUT2D eigenvalue weighted by molar-refractivity contribution is 9.10. The molecule has 0 amide bonds. The molecule has 0 heterocycles. The summed E-state index contributed by atoms with van der Waals surface area (Å²) in [6.07, 6.45) is 6.78. The number of hydrogen-bond acceptors (Lipinski definition) is 0. The largest absolute Gasteiger partial charge is 0.0919 e. The van der Waals surface area contributed by atoms with E-state index >= 15 is 0 Å². The van der Waals surface area contributed by atoms with Crippen LogP contribution in [0.4, 0.5) is 0 Å². The van der Waals surface area contributed by atoms with E-state index in [2.05, 4.69) is 40.2 Å². The van der Waals surface area contributed by atoms with Gasteiger partial charge in [0.25, 0.3) is 0 Å². The number of hydrogen-bond donors (Lipinski definition) is 0. The summed E-state index contributed by atoms with van der Waals surface area (Å²) in [5.74, 6) is 0.882. The Morgan fingerprint density at radius 1 is 1.07 bits per heavy atom. The van der Waals surface area contributed by atoms with E-state index in [4.69, 9.17) is 0 Å². The van der Waals surface area contributed by atoms with Gasteiger partial charge in [0.1, 0.15) is 0 Å². The minimum Gasteiger partial charge on any atom is -0.0919 e. The summed E-state index contributed by atoms with van der Waals surface area (Å²) < 4.78 is 1.18. The molecule has 0 N–H and O–H groups in total. The second kappa shape index (κ2) is 6.02. The summed E-state index contributed by atoms with van der Waals surface area (Å²) in [6, 6.07) is 8.66. The van der Waals surface area contributed by atoms with Crippen molar-refractivity contribution >= 4 is 15.9 Å². The molecule has 0 spiro atoms. The van der Waals surface area contributed by atoms with Crippen molar-refractivity contribution in [1.29, 1.82) is 0 Å². The van der Waals surface area contributed by atoms with Crippen LogP contribution in [0.15, 0.2) is 40.9 Å². The second-order valence-corrected chi connectivity index (χ2v) is 4.41. The van der Waals surface area contributed by atoms with Crippen LogP contribution < -0.4 is 0 Å². The first-order valence-corrected chi connectivity index (χ1v) is 5.90. The van der Waals surface area contributed by atoms with Crippen LogP contribution in [0.25, 0.3) is 0 Å². The molecule has 14 heavy (non-hydrogen) atoms. The Bertz CT molecular complexity index is 277. The molecule has 0 aromatic heterocycles. The van der Waals surface area contributed by atoms with Crippen molar-refractivity contribution in [2.45, 2.75) is 32.6 Å². The standard InChI is InChI=1S/C9H9Br.C4H8/c10-9-5-3-8(4-6-9)7-1-2-7;1-3-4-2/h3-7H,1-2H2;3-4H,1-2H3/b;4-3-. The summed E-state index contributed by atoms with van der Waals surface area (Å²) in [6.45, 7) is 4.00. The van der Waals surface area contributed by atoms with Crippen molar-refractivity contribution in [3.8, 4) is 0 Å². The van der Waals surface area contributed by atoms with Gasteiger partial charge in [-0.2, -0.15) is 0 Å². The monoisotopic (exact) mass is 252 g/mol. The third-order valence-electron chi connectivity index (χ3n) is 2.25. The van der Waals surface area contributed by atoms with Crippen molar-refractivity contribution in [3.05, 3.63) is 46.5 Å². The molecule has 1 aromatic carbocycles. The lowest BCUT2D eigenvalue weighted by atomic mass is 10.1. The van der Waals surface area contributed by atoms with Gasteiger partial charge in [-0.25, -0.2) is 0 Å². The molecule has 1 aromatic rings. The minimum absolute atomic E-state index is 0.882. The second-order valence-electron chi connectivity index (χ2n) is 3.49. The van der Waals surface area contributed by atoms with Gasteiger partial charge in [-0.15, -0.1) is 0 Å². The van der Waals surface area contributed by atoms with Crippen LogP contribution >= 0.6 is 15.9 Å². The molecular weight excluding hydrogens is 236 g/mol. The highest BCUT2D eigenvalue weighted by Crippen LogP contribution is 2.40. The van der Waals surface area contributed by atoms with E-state index in [0.717, 1.165) is 5.92 Å². The zero-order valence-electron chi connectivity index (χ0n) is 8.83. The molecule has 0 bridgehead atoms. The van der Waals surface area contributed by atoms with Gasteiger partial charge in [-0.1, -0.05) is 40.2 Å². The van der Waals surface area contributed by atoms with E-state index in [1.54, 1.807) is 0 Å². The molecule has 0 aliphatic heterocycles. The van der Waals surface area contributed by atoms with E-state index in [-0.39, 0.29) is 0 Å². The molecule has 1 aliphatic carbocycles. The van der Waals surface area contributed by atoms with Crippen molar-refractivity contribution in [1.82, 2.24) is 0 Å². The zero-order valence-corrected chi connectivity index (χ0v) is 10.4. The van der Waals surface area contributed by atoms with Crippen LogP contribution in [-0.2, 0) is 0 Å². The van der Waals surface area contributed by atoms with Gasteiger partial charge in [0.15, 0.2) is 0 Å². The lowest BCUT2D eigenvalue weighted by Crippen LogP contribution is -1.75. The Labute approximate surface area is 95.2 Å². The van der Waals surface area contributed by atoms with Gasteiger partial charge < -0.3 is 0 Å². The van der Waals surface area contributed by atoms with Crippen molar-refractivity contribution < 1.29 is 0 Å². The number of allylic oxidation sites excluding steroid dienone is 2. The lowest BCUT2D eigenvalue weighted by molar-refractivity contribution is 1.13. The molecule has 0 radical (unpaired) electrons. The molecule has 0 saturated heterocycles. The Balaban J connectivity index is 0.000000213. The number of benzene rings is 1. The first kappa shape index (κ1) is 11.5. The summed E-state index contributed by atoms with van der Waals surface area (Å²) in [4.78, 5) is 0. The van der Waals surface area contributed by atoms with E-state index in [1.165, 1.54) is 22.9 Å². The van der Waals surface area contributed by atoms with E-state index in [0.29, 0.717) is 0 Å². The third kappa shape index (κ3) is 4.10. The van der Waals surface area contributed by atoms with Gasteiger partial charge in [-0.3, -0.25) is 0 Å². The average molecular weight is 253 g/mol. The smallest absolute Gasteiger partial charge is 0.0175 e. The predicted molar refractivity (Wildman–Crippen MR) is 66.6 cm³/mol. The first-order chi connectivity index (χ1) is 6.77. The fourth-order valence-corrected chi connectivity index (χ4v) is 1.42. The molecule has 76 valence electrons. The van der Waals surface area contributed by atoms with Crippen LogP contribution in [0, 0.1) is 0 Å². The Morgan fingerprint density at radius 2 is 1.57 bits per heavy atom. The Hall–Kier alpha value is -0.560. The predicted octanol–water partition coefficient (Wildman–Crippen LogP) is 4.91. The molecule has 1 fully saturated rings. The maximum atomic E-state index is 3.41. The maximum absolute atomic E-state index is 3.41. The van der Waals surface area contributed by atoms with E-state index in [1.807, 2.05) is 26.0 Å². The topological polar surface area (TPSA) is 0 Å². The molecule has 0 unspecified atom stereocenters. The molecule has 1 saturated carbocycles. The van der Waals surface area contributed by atoms with Gasteiger partial charge in [0.05, 0.1) is 0 Å². The van der Waals surface area contributed by atoms with Crippen LogP contribution in [0.1, 0.15) is 38.2 Å². The van der Waals surface area contributed by atoms with Crippen LogP contribution in [0.3, 0.4) is 0 Å². The summed E-state index contributed by atoms with van der Waals surface area (Å²) >= 11 is 3.41. The summed E-state index contributed by atoms with van der Waals surface area (Å²) in [5, 5.41) is 0. The fourth-order valence-electron chi connectivity index (χ4n) is 1.15. The van der Waals surface area contributed by atoms with E-state index in [9.17, 15) is 0 Å². The summed E-state index contributed by atoms with van der Waals surface area (Å²) in [5.41, 5.74) is 1.50. The highest BCUT2D eigenvalue weighted by atomic mass is 79.9. The van der Waals surface area contributed by atoms with Crippen LogP contribution in [0.2, 0.25) is 0 Å². The molecule has 1 aliphatic rings. The average Bonchev–Trinajstić information content (AvgIpc) is 3.03. The van der Waals surface area contributed by atoms with Gasteiger partial charge in [0.2, 0.25) is 0 Å². The van der Waals surface area contributed by atoms with Gasteiger partial charge in [-0.05, 0) is 50.3 Å². The van der Waals surface area contributed by atoms with Gasteiger partial charge in [0, 0.05) is 4.47 Å². The highest BCUT2D eigenvalue weighted by Gasteiger charge is 2.22. The zero-order chi connectivity index (χ0) is 10.4. The SMILES string of the molecule is Brc1ccc(C2CC2)cc1.C/C=C\C. The third-order valence-corrected chi connectivity index (χ3v) is 2.78. The van der Waals surface area contributed by atoms with Gasteiger partial charge >= 0.3 is 0 Å². The van der Waals surface area contributed by atoms with Crippen molar-refractivity contribution in [2.24, 2.45) is 0 Å². The Kier molecular flexibility index (Phi) is 4.95. The number of halogens is 1.